The van der Waals surface area contributed by atoms with Crippen LogP contribution in [-0.2, 0) is 9.53 Å². The predicted molar refractivity (Wildman–Crippen MR) is 136 cm³/mol. The Morgan fingerprint density at radius 2 is 1.85 bits per heavy atom. The minimum absolute atomic E-state index is 0.133. The van der Waals surface area contributed by atoms with E-state index in [9.17, 15) is 4.79 Å². The summed E-state index contributed by atoms with van der Waals surface area (Å²) < 4.78 is 7.54. The molecule has 0 radical (unpaired) electrons. The van der Waals surface area contributed by atoms with E-state index in [4.69, 9.17) is 4.74 Å². The van der Waals surface area contributed by atoms with Crippen molar-refractivity contribution in [3.8, 4) is 16.9 Å². The average Bonchev–Trinajstić information content (AvgIpc) is 3.51. The van der Waals surface area contributed by atoms with Crippen molar-refractivity contribution < 1.29 is 9.53 Å². The number of benzene rings is 2. The van der Waals surface area contributed by atoms with E-state index < -0.39 is 0 Å². The lowest BCUT2D eigenvalue weighted by Crippen LogP contribution is -2.38. The number of anilines is 2. The molecule has 2 aromatic heterocycles. The Balaban J connectivity index is 1.31. The number of ether oxygens (including phenoxy) is 1. The van der Waals surface area contributed by atoms with E-state index in [2.05, 4.69) is 38.4 Å². The summed E-state index contributed by atoms with van der Waals surface area (Å²) in [5, 5.41) is 15.0. The van der Waals surface area contributed by atoms with Gasteiger partial charge in [-0.3, -0.25) is 9.36 Å². The molecular formula is C24H24N6O2S2. The normalized spacial score (nSPS) is 13.7. The number of aryl methyl sites for hydroxylation is 1. The van der Waals surface area contributed by atoms with E-state index in [0.717, 1.165) is 41.5 Å². The van der Waals surface area contributed by atoms with Gasteiger partial charge in [-0.05, 0) is 18.6 Å². The van der Waals surface area contributed by atoms with Gasteiger partial charge in [-0.15, -0.1) is 21.5 Å². The van der Waals surface area contributed by atoms with Crippen LogP contribution in [0.15, 0.2) is 65.1 Å². The SMILES string of the molecule is Cc1ccccc1-n1c(SCC(=O)Nc2nc(-c3ccccc3)cs2)nnc1N1CCOCC1. The lowest BCUT2D eigenvalue weighted by molar-refractivity contribution is -0.113. The lowest BCUT2D eigenvalue weighted by atomic mass is 10.2. The minimum atomic E-state index is -0.133. The van der Waals surface area contributed by atoms with Crippen LogP contribution < -0.4 is 10.2 Å². The lowest BCUT2D eigenvalue weighted by Gasteiger charge is -2.28. The smallest absolute Gasteiger partial charge is 0.236 e. The number of aromatic nitrogens is 4. The summed E-state index contributed by atoms with van der Waals surface area (Å²) in [5.41, 5.74) is 3.99. The highest BCUT2D eigenvalue weighted by Gasteiger charge is 2.23. The van der Waals surface area contributed by atoms with Crippen LogP contribution in [0.25, 0.3) is 16.9 Å². The second-order valence-electron chi connectivity index (χ2n) is 7.74. The molecule has 174 valence electrons. The van der Waals surface area contributed by atoms with Crippen molar-refractivity contribution >= 4 is 40.1 Å². The van der Waals surface area contributed by atoms with E-state index in [1.165, 1.54) is 23.1 Å². The number of hydrogen-bond donors (Lipinski definition) is 1. The summed E-state index contributed by atoms with van der Waals surface area (Å²) in [5.74, 6) is 0.840. The summed E-state index contributed by atoms with van der Waals surface area (Å²) >= 11 is 2.78. The second kappa shape index (κ2) is 10.4. The molecule has 3 heterocycles. The van der Waals surface area contributed by atoms with Crippen molar-refractivity contribution in [3.05, 3.63) is 65.5 Å². The van der Waals surface area contributed by atoms with Crippen LogP contribution in [0.2, 0.25) is 0 Å². The third-order valence-electron chi connectivity index (χ3n) is 5.42. The first kappa shape index (κ1) is 22.6. The molecule has 1 aliphatic rings. The minimum Gasteiger partial charge on any atom is -0.378 e. The van der Waals surface area contributed by atoms with Crippen LogP contribution in [0.3, 0.4) is 0 Å². The van der Waals surface area contributed by atoms with Gasteiger partial charge in [-0.25, -0.2) is 4.98 Å². The molecule has 1 N–H and O–H groups in total. The maximum absolute atomic E-state index is 12.7. The van der Waals surface area contributed by atoms with Gasteiger partial charge in [0.15, 0.2) is 10.3 Å². The van der Waals surface area contributed by atoms with Gasteiger partial charge in [0.2, 0.25) is 11.9 Å². The average molecular weight is 493 g/mol. The third-order valence-corrected chi connectivity index (χ3v) is 7.11. The summed E-state index contributed by atoms with van der Waals surface area (Å²) in [7, 11) is 0. The number of nitrogens with one attached hydrogen (secondary N) is 1. The van der Waals surface area contributed by atoms with Gasteiger partial charge in [0, 0.05) is 24.0 Å². The van der Waals surface area contributed by atoms with Crippen LogP contribution >= 0.6 is 23.1 Å². The van der Waals surface area contributed by atoms with Crippen molar-refractivity contribution in [1.29, 1.82) is 0 Å². The van der Waals surface area contributed by atoms with Crippen molar-refractivity contribution in [2.24, 2.45) is 0 Å². The topological polar surface area (TPSA) is 85.2 Å². The maximum atomic E-state index is 12.7. The van der Waals surface area contributed by atoms with E-state index in [1.807, 2.05) is 58.5 Å². The number of amides is 1. The quantitative estimate of drug-likeness (QED) is 0.386. The number of carbonyl (C=O) groups excluding carboxylic acids is 1. The summed E-state index contributed by atoms with van der Waals surface area (Å²) in [6, 6.07) is 18.0. The zero-order valence-electron chi connectivity index (χ0n) is 18.7. The molecule has 1 fully saturated rings. The van der Waals surface area contributed by atoms with Crippen molar-refractivity contribution in [2.75, 3.05) is 42.3 Å². The zero-order chi connectivity index (χ0) is 23.3. The maximum Gasteiger partial charge on any atom is 0.236 e. The first-order valence-electron chi connectivity index (χ1n) is 11.0. The number of carbonyl (C=O) groups is 1. The van der Waals surface area contributed by atoms with Crippen molar-refractivity contribution in [3.63, 3.8) is 0 Å². The van der Waals surface area contributed by atoms with Crippen LogP contribution in [0.4, 0.5) is 11.1 Å². The molecule has 0 bridgehead atoms. The van der Waals surface area contributed by atoms with Gasteiger partial charge in [-0.1, -0.05) is 60.3 Å². The number of morpholine rings is 1. The standard InChI is InChI=1S/C24H24N6O2S2/c1-17-7-5-6-10-20(17)30-23(29-11-13-32-14-12-29)27-28-24(30)34-16-21(31)26-22-25-19(15-33-22)18-8-3-2-4-9-18/h2-10,15H,11-14,16H2,1H3,(H,25,26,31). The zero-order valence-corrected chi connectivity index (χ0v) is 20.3. The highest BCUT2D eigenvalue weighted by atomic mass is 32.2. The summed E-state index contributed by atoms with van der Waals surface area (Å²) in [6.45, 7) is 4.88. The molecule has 10 heteroatoms. The molecule has 1 amide bonds. The van der Waals surface area contributed by atoms with Gasteiger partial charge < -0.3 is 15.0 Å². The molecule has 0 unspecified atom stereocenters. The highest BCUT2D eigenvalue weighted by Crippen LogP contribution is 2.29. The molecule has 0 saturated carbocycles. The Morgan fingerprint density at radius 3 is 2.65 bits per heavy atom. The first-order valence-corrected chi connectivity index (χ1v) is 12.8. The van der Waals surface area contributed by atoms with E-state index in [-0.39, 0.29) is 11.7 Å². The molecular weight excluding hydrogens is 468 g/mol. The van der Waals surface area contributed by atoms with E-state index in [1.54, 1.807) is 0 Å². The summed E-state index contributed by atoms with van der Waals surface area (Å²) in [6.07, 6.45) is 0. The number of nitrogens with zero attached hydrogens (tertiary/aromatic N) is 5. The van der Waals surface area contributed by atoms with E-state index >= 15 is 0 Å². The largest absolute Gasteiger partial charge is 0.378 e. The molecule has 1 aliphatic heterocycles. The van der Waals surface area contributed by atoms with Crippen LogP contribution in [0.5, 0.6) is 0 Å². The van der Waals surface area contributed by atoms with Gasteiger partial charge in [0.05, 0.1) is 30.3 Å². The molecule has 0 aliphatic carbocycles. The van der Waals surface area contributed by atoms with E-state index in [0.29, 0.717) is 23.5 Å². The number of thioether (sulfide) groups is 1. The number of rotatable bonds is 7. The Hall–Kier alpha value is -3.21. The monoisotopic (exact) mass is 492 g/mol. The Kier molecular flexibility index (Phi) is 6.89. The molecule has 34 heavy (non-hydrogen) atoms. The summed E-state index contributed by atoms with van der Waals surface area (Å²) in [4.78, 5) is 19.4. The fourth-order valence-corrected chi connectivity index (χ4v) is 5.18. The van der Waals surface area contributed by atoms with Gasteiger partial charge in [0.25, 0.3) is 0 Å². The molecule has 0 spiro atoms. The molecule has 1 saturated heterocycles. The highest BCUT2D eigenvalue weighted by molar-refractivity contribution is 7.99. The third kappa shape index (κ3) is 4.98. The predicted octanol–water partition coefficient (Wildman–Crippen LogP) is 4.27. The molecule has 8 nitrogen and oxygen atoms in total. The Morgan fingerprint density at radius 1 is 1.09 bits per heavy atom. The van der Waals surface area contributed by atoms with Crippen LogP contribution in [-0.4, -0.2) is 57.7 Å². The fourth-order valence-electron chi connectivity index (χ4n) is 3.71. The van der Waals surface area contributed by atoms with Gasteiger partial charge in [0.1, 0.15) is 0 Å². The molecule has 4 aromatic rings. The Bertz CT molecular complexity index is 1270. The van der Waals surface area contributed by atoms with Crippen LogP contribution in [0.1, 0.15) is 5.56 Å². The van der Waals surface area contributed by atoms with Gasteiger partial charge >= 0.3 is 0 Å². The number of thiazole rings is 1. The molecule has 2 aromatic carbocycles. The first-order chi connectivity index (χ1) is 16.7. The van der Waals surface area contributed by atoms with Crippen LogP contribution in [0, 0.1) is 6.92 Å². The fraction of sp³-hybridized carbons (Fsp3) is 0.250. The van der Waals surface area contributed by atoms with Gasteiger partial charge in [-0.2, -0.15) is 0 Å². The second-order valence-corrected chi connectivity index (χ2v) is 9.55. The molecule has 5 rings (SSSR count). The Labute approximate surface area is 206 Å². The molecule has 0 atom stereocenters. The number of hydrogen-bond acceptors (Lipinski definition) is 8. The van der Waals surface area contributed by atoms with Crippen molar-refractivity contribution in [1.82, 2.24) is 19.7 Å². The van der Waals surface area contributed by atoms with Crippen molar-refractivity contribution in [2.45, 2.75) is 12.1 Å². The number of para-hydroxylation sites is 1.